The van der Waals surface area contributed by atoms with Gasteiger partial charge in [0.25, 0.3) is 5.69 Å². The van der Waals surface area contributed by atoms with Crippen LogP contribution in [-0.2, 0) is 0 Å². The number of carbonyl (C=O) groups excluding carboxylic acids is 1. The van der Waals surface area contributed by atoms with Gasteiger partial charge in [-0.25, -0.2) is 4.79 Å². The van der Waals surface area contributed by atoms with E-state index in [1.165, 1.54) is 29.2 Å². The van der Waals surface area contributed by atoms with Gasteiger partial charge in [-0.2, -0.15) is 0 Å². The van der Waals surface area contributed by atoms with Crippen molar-refractivity contribution in [2.45, 2.75) is 0 Å². The Kier molecular flexibility index (Phi) is 5.97. The number of nitrogens with zero attached hydrogens (tertiary/aromatic N) is 2. The van der Waals surface area contributed by atoms with Crippen LogP contribution in [0.25, 0.3) is 0 Å². The van der Waals surface area contributed by atoms with Crippen LogP contribution < -0.4 is 10.1 Å². The number of ether oxygens (including phenoxy) is 1. The molecule has 0 aliphatic carbocycles. The van der Waals surface area contributed by atoms with Gasteiger partial charge < -0.3 is 15.0 Å². The molecule has 2 aromatic carbocycles. The van der Waals surface area contributed by atoms with Crippen LogP contribution in [-0.4, -0.2) is 36.1 Å². The van der Waals surface area contributed by atoms with Gasteiger partial charge in [0.1, 0.15) is 12.4 Å². The van der Waals surface area contributed by atoms with Gasteiger partial charge in [0, 0.05) is 29.9 Å². The van der Waals surface area contributed by atoms with E-state index >= 15 is 0 Å². The molecule has 0 saturated heterocycles. The molecule has 0 aliphatic rings. The van der Waals surface area contributed by atoms with E-state index in [-0.39, 0.29) is 11.7 Å². The molecule has 24 heavy (non-hydrogen) atoms. The predicted octanol–water partition coefficient (Wildman–Crippen LogP) is 3.79. The summed E-state index contributed by atoms with van der Waals surface area (Å²) < 4.78 is 5.52. The fraction of sp³-hybridized carbons (Fsp3) is 0.188. The molecule has 8 heteroatoms. The zero-order valence-corrected chi connectivity index (χ0v) is 13.7. The van der Waals surface area contributed by atoms with E-state index < -0.39 is 4.92 Å². The first-order chi connectivity index (χ1) is 11.5. The number of anilines is 1. The zero-order valence-electron chi connectivity index (χ0n) is 12.9. The molecule has 2 amide bonds. The molecule has 0 bridgehead atoms. The Balaban J connectivity index is 1.80. The van der Waals surface area contributed by atoms with E-state index in [1.807, 2.05) is 0 Å². The minimum Gasteiger partial charge on any atom is -0.492 e. The van der Waals surface area contributed by atoms with E-state index in [0.717, 1.165) is 0 Å². The van der Waals surface area contributed by atoms with Crippen molar-refractivity contribution in [3.63, 3.8) is 0 Å². The monoisotopic (exact) mass is 349 g/mol. The lowest BCUT2D eigenvalue weighted by Gasteiger charge is -2.18. The number of nitrogens with one attached hydrogen (secondary N) is 1. The maximum absolute atomic E-state index is 12.0. The summed E-state index contributed by atoms with van der Waals surface area (Å²) in [5.74, 6) is 0.631. The average molecular weight is 350 g/mol. The summed E-state index contributed by atoms with van der Waals surface area (Å²) in [6.45, 7) is 0.676. The molecule has 0 aliphatic heterocycles. The Morgan fingerprint density at radius 1 is 1.29 bits per heavy atom. The lowest BCUT2D eigenvalue weighted by Crippen LogP contribution is -2.34. The highest BCUT2D eigenvalue weighted by Gasteiger charge is 2.10. The van der Waals surface area contributed by atoms with Gasteiger partial charge in [0.15, 0.2) is 0 Å². The molecule has 126 valence electrons. The third-order valence-electron chi connectivity index (χ3n) is 3.17. The summed E-state index contributed by atoms with van der Waals surface area (Å²) >= 11 is 5.86. The topological polar surface area (TPSA) is 84.7 Å². The molecule has 7 nitrogen and oxygen atoms in total. The SMILES string of the molecule is CN(CCOc1cccc(Cl)c1)C(=O)Nc1ccc([N+](=O)[O-])cc1. The molecule has 0 unspecified atom stereocenters. The Morgan fingerprint density at radius 2 is 2.00 bits per heavy atom. The molecule has 0 fully saturated rings. The number of carbonyl (C=O) groups is 1. The van der Waals surface area contributed by atoms with Crippen LogP contribution in [0.5, 0.6) is 5.75 Å². The van der Waals surface area contributed by atoms with E-state index in [9.17, 15) is 14.9 Å². The lowest BCUT2D eigenvalue weighted by molar-refractivity contribution is -0.384. The van der Waals surface area contributed by atoms with Crippen LogP contribution in [0.15, 0.2) is 48.5 Å². The molecule has 0 atom stereocenters. The van der Waals surface area contributed by atoms with Crippen LogP contribution in [0.2, 0.25) is 5.02 Å². The van der Waals surface area contributed by atoms with Gasteiger partial charge in [-0.3, -0.25) is 10.1 Å². The van der Waals surface area contributed by atoms with Gasteiger partial charge in [0.05, 0.1) is 11.5 Å². The highest BCUT2D eigenvalue weighted by Crippen LogP contribution is 2.17. The number of hydrogen-bond acceptors (Lipinski definition) is 4. The zero-order chi connectivity index (χ0) is 17.5. The second-order valence-corrected chi connectivity index (χ2v) is 5.40. The van der Waals surface area contributed by atoms with Gasteiger partial charge in [0.2, 0.25) is 0 Å². The summed E-state index contributed by atoms with van der Waals surface area (Å²) in [6.07, 6.45) is 0. The third-order valence-corrected chi connectivity index (χ3v) is 3.40. The predicted molar refractivity (Wildman–Crippen MR) is 91.7 cm³/mol. The number of halogens is 1. The second kappa shape index (κ2) is 8.16. The van der Waals surface area contributed by atoms with E-state index in [4.69, 9.17) is 16.3 Å². The molecular formula is C16H16ClN3O4. The molecule has 0 radical (unpaired) electrons. The normalized spacial score (nSPS) is 10.1. The number of likely N-dealkylation sites (N-methyl/N-ethyl adjacent to an activating group) is 1. The van der Waals surface area contributed by atoms with Crippen molar-refractivity contribution < 1.29 is 14.5 Å². The van der Waals surface area contributed by atoms with Gasteiger partial charge in [-0.15, -0.1) is 0 Å². The molecule has 0 aromatic heterocycles. The molecule has 2 aromatic rings. The van der Waals surface area contributed by atoms with Crippen molar-refractivity contribution in [2.75, 3.05) is 25.5 Å². The number of amides is 2. The highest BCUT2D eigenvalue weighted by atomic mass is 35.5. The number of non-ortho nitro benzene ring substituents is 1. The fourth-order valence-corrected chi connectivity index (χ4v) is 2.02. The van der Waals surface area contributed by atoms with Crippen molar-refractivity contribution in [3.8, 4) is 5.75 Å². The van der Waals surface area contributed by atoms with Crippen molar-refractivity contribution >= 4 is 29.0 Å². The first kappa shape index (κ1) is 17.6. The minimum atomic E-state index is -0.495. The van der Waals surface area contributed by atoms with Gasteiger partial charge in [-0.1, -0.05) is 17.7 Å². The van der Waals surface area contributed by atoms with E-state index in [1.54, 1.807) is 31.3 Å². The van der Waals surface area contributed by atoms with E-state index in [0.29, 0.717) is 29.6 Å². The maximum Gasteiger partial charge on any atom is 0.321 e. The van der Waals surface area contributed by atoms with Crippen LogP contribution in [0.4, 0.5) is 16.2 Å². The van der Waals surface area contributed by atoms with Crippen LogP contribution >= 0.6 is 11.6 Å². The number of rotatable bonds is 6. The van der Waals surface area contributed by atoms with Crippen LogP contribution in [0.3, 0.4) is 0 Å². The van der Waals surface area contributed by atoms with Crippen molar-refractivity contribution in [2.24, 2.45) is 0 Å². The van der Waals surface area contributed by atoms with Gasteiger partial charge in [-0.05, 0) is 30.3 Å². The highest BCUT2D eigenvalue weighted by molar-refractivity contribution is 6.30. The number of urea groups is 1. The van der Waals surface area contributed by atoms with Crippen LogP contribution in [0, 0.1) is 10.1 Å². The van der Waals surface area contributed by atoms with E-state index in [2.05, 4.69) is 5.32 Å². The first-order valence-electron chi connectivity index (χ1n) is 7.10. The number of benzene rings is 2. The molecular weight excluding hydrogens is 334 g/mol. The number of nitro benzene ring substituents is 1. The summed E-state index contributed by atoms with van der Waals surface area (Å²) in [5, 5.41) is 13.8. The Bertz CT molecular complexity index is 722. The summed E-state index contributed by atoms with van der Waals surface area (Å²) in [6, 6.07) is 12.3. The Hall–Kier alpha value is -2.80. The second-order valence-electron chi connectivity index (χ2n) is 4.96. The molecule has 2 rings (SSSR count). The van der Waals surface area contributed by atoms with Gasteiger partial charge >= 0.3 is 6.03 Å². The standard InChI is InChI=1S/C16H16ClN3O4/c1-19(9-10-24-15-4-2-3-12(17)11-15)16(21)18-13-5-7-14(8-6-13)20(22)23/h2-8,11H,9-10H2,1H3,(H,18,21). The molecule has 0 heterocycles. The molecule has 0 saturated carbocycles. The fourth-order valence-electron chi connectivity index (χ4n) is 1.84. The van der Waals surface area contributed by atoms with Crippen molar-refractivity contribution in [1.82, 2.24) is 4.90 Å². The third kappa shape index (κ3) is 5.13. The minimum absolute atomic E-state index is 0.0312. The lowest BCUT2D eigenvalue weighted by atomic mass is 10.3. The summed E-state index contributed by atoms with van der Waals surface area (Å²) in [5.41, 5.74) is 0.449. The number of nitro groups is 1. The van der Waals surface area contributed by atoms with Crippen molar-refractivity contribution in [3.05, 3.63) is 63.7 Å². The summed E-state index contributed by atoms with van der Waals surface area (Å²) in [7, 11) is 1.63. The first-order valence-corrected chi connectivity index (χ1v) is 7.48. The maximum atomic E-state index is 12.0. The smallest absolute Gasteiger partial charge is 0.321 e. The summed E-state index contributed by atoms with van der Waals surface area (Å²) in [4.78, 5) is 23.6. The molecule has 1 N–H and O–H groups in total. The quantitative estimate of drug-likeness (QED) is 0.635. The average Bonchev–Trinajstić information content (AvgIpc) is 2.55. The largest absolute Gasteiger partial charge is 0.492 e. The van der Waals surface area contributed by atoms with Crippen molar-refractivity contribution in [1.29, 1.82) is 0 Å². The molecule has 0 spiro atoms. The number of hydrogen-bond donors (Lipinski definition) is 1. The Morgan fingerprint density at radius 3 is 2.62 bits per heavy atom. The van der Waals surface area contributed by atoms with Crippen LogP contribution in [0.1, 0.15) is 0 Å². The Labute approximate surface area is 143 Å².